The number of methoxy groups -OCH3 is 2. The van der Waals surface area contributed by atoms with Crippen LogP contribution in [0.4, 0.5) is 13.6 Å². The molecule has 12 heteroatoms. The molecular formula is C29H36F2N4O6. The number of benzene rings is 1. The predicted molar refractivity (Wildman–Crippen MR) is 148 cm³/mol. The second kappa shape index (κ2) is 12.0. The number of hydrogen-bond donors (Lipinski definition) is 1. The monoisotopic (exact) mass is 574 g/mol. The van der Waals surface area contributed by atoms with Crippen LogP contribution in [0.15, 0.2) is 30.5 Å². The third kappa shape index (κ3) is 6.59. The Morgan fingerprint density at radius 1 is 1.17 bits per heavy atom. The van der Waals surface area contributed by atoms with E-state index in [1.54, 1.807) is 45.0 Å². The molecule has 0 aliphatic carbocycles. The summed E-state index contributed by atoms with van der Waals surface area (Å²) >= 11 is 0. The largest absolute Gasteiger partial charge is 0.496 e. The number of pyridine rings is 1. The average Bonchev–Trinajstić information content (AvgIpc) is 3.35. The zero-order chi connectivity index (χ0) is 30.1. The van der Waals surface area contributed by atoms with Crippen molar-refractivity contribution in [3.63, 3.8) is 0 Å². The van der Waals surface area contributed by atoms with Gasteiger partial charge in [-0.3, -0.25) is 14.4 Å². The maximum absolute atomic E-state index is 13.3. The third-order valence-electron chi connectivity index (χ3n) is 7.02. The average molecular weight is 575 g/mol. The highest BCUT2D eigenvalue weighted by atomic mass is 19.3. The standard InChI is InChI=1S/C29H36F2N4O6/c1-17-13-23(39-5)20(18-9-10-35(25(17)18)28(38)41-29(2,3)4)14-34-12-11-33(16-24(30)31)15-22(34)21-8-7-19(26(36)32-21)27(37)40-6/h7-10,13,22,24H,11-12,14-16H2,1-6H3,(H,32,36)/t22-/m0/s1. The van der Waals surface area contributed by atoms with E-state index in [1.165, 1.54) is 17.7 Å². The number of rotatable bonds is 7. The van der Waals surface area contributed by atoms with Gasteiger partial charge in [0.1, 0.15) is 16.9 Å². The zero-order valence-electron chi connectivity index (χ0n) is 24.1. The van der Waals surface area contributed by atoms with Gasteiger partial charge in [0.05, 0.1) is 38.0 Å². The van der Waals surface area contributed by atoms with Crippen LogP contribution in [0.25, 0.3) is 10.9 Å². The molecule has 3 heterocycles. The number of aromatic hydroxyl groups is 1. The summed E-state index contributed by atoms with van der Waals surface area (Å²) in [5.74, 6) is -0.616. The Kier molecular flexibility index (Phi) is 8.83. The first-order chi connectivity index (χ1) is 19.3. The molecule has 1 fully saturated rings. The molecule has 4 rings (SSSR count). The fraction of sp³-hybridized carbons (Fsp3) is 0.483. The first kappa shape index (κ1) is 30.2. The molecule has 0 unspecified atom stereocenters. The number of halogens is 2. The Balaban J connectivity index is 1.75. The van der Waals surface area contributed by atoms with Crippen molar-refractivity contribution in [1.29, 1.82) is 0 Å². The molecule has 1 atom stereocenters. The second-order valence-electron chi connectivity index (χ2n) is 11.0. The molecule has 1 aromatic carbocycles. The van der Waals surface area contributed by atoms with Crippen LogP contribution in [-0.4, -0.2) is 88.9 Å². The van der Waals surface area contributed by atoms with Crippen molar-refractivity contribution < 1.29 is 37.7 Å². The van der Waals surface area contributed by atoms with Crippen LogP contribution < -0.4 is 4.74 Å². The Bertz CT molecular complexity index is 1430. The van der Waals surface area contributed by atoms with Crippen LogP contribution in [0.3, 0.4) is 0 Å². The summed E-state index contributed by atoms with van der Waals surface area (Å²) in [6, 6.07) is 6.21. The lowest BCUT2D eigenvalue weighted by molar-refractivity contribution is 0.0231. The molecule has 41 heavy (non-hydrogen) atoms. The minimum atomic E-state index is -2.50. The smallest absolute Gasteiger partial charge is 0.419 e. The van der Waals surface area contributed by atoms with E-state index in [4.69, 9.17) is 14.2 Å². The molecule has 0 spiro atoms. The van der Waals surface area contributed by atoms with E-state index in [0.29, 0.717) is 36.6 Å². The Morgan fingerprint density at radius 3 is 2.51 bits per heavy atom. The number of ether oxygens (including phenoxy) is 3. The topological polar surface area (TPSA) is 106 Å². The van der Waals surface area contributed by atoms with Crippen LogP contribution in [-0.2, 0) is 16.0 Å². The van der Waals surface area contributed by atoms with Crippen LogP contribution in [0.2, 0.25) is 0 Å². The molecule has 1 saturated heterocycles. The van der Waals surface area contributed by atoms with Gasteiger partial charge in [-0.2, -0.15) is 0 Å². The Hall–Kier alpha value is -3.77. The highest BCUT2D eigenvalue weighted by Gasteiger charge is 2.33. The van der Waals surface area contributed by atoms with Gasteiger partial charge in [0.2, 0.25) is 5.88 Å². The summed E-state index contributed by atoms with van der Waals surface area (Å²) in [4.78, 5) is 33.0. The van der Waals surface area contributed by atoms with Crippen molar-refractivity contribution in [2.45, 2.75) is 52.3 Å². The van der Waals surface area contributed by atoms with Gasteiger partial charge >= 0.3 is 12.1 Å². The van der Waals surface area contributed by atoms with Gasteiger partial charge in [-0.1, -0.05) is 0 Å². The van der Waals surface area contributed by atoms with Gasteiger partial charge in [-0.15, -0.1) is 0 Å². The summed E-state index contributed by atoms with van der Waals surface area (Å²) in [6.45, 7) is 8.27. The maximum atomic E-state index is 13.3. The highest BCUT2D eigenvalue weighted by Crippen LogP contribution is 2.36. The summed E-state index contributed by atoms with van der Waals surface area (Å²) in [6.07, 6.45) is -1.34. The number of piperazine rings is 1. The lowest BCUT2D eigenvalue weighted by Gasteiger charge is -2.41. The summed E-state index contributed by atoms with van der Waals surface area (Å²) in [5, 5.41) is 11.3. The van der Waals surface area contributed by atoms with E-state index >= 15 is 0 Å². The van der Waals surface area contributed by atoms with Gasteiger partial charge in [0, 0.05) is 43.3 Å². The minimum absolute atomic E-state index is 0.0894. The third-order valence-corrected chi connectivity index (χ3v) is 7.02. The molecule has 2 aromatic heterocycles. The number of aryl methyl sites for hydroxylation is 1. The van der Waals surface area contributed by atoms with E-state index in [9.17, 15) is 23.5 Å². The van der Waals surface area contributed by atoms with Gasteiger partial charge in [-0.05, 0) is 57.5 Å². The SMILES string of the molecule is COC(=O)c1ccc([C@@H]2CN(CC(F)F)CCN2Cc2c(OC)cc(C)c3c2ccn3C(=O)OC(C)(C)C)nc1O. The minimum Gasteiger partial charge on any atom is -0.496 e. The molecule has 1 aliphatic rings. The summed E-state index contributed by atoms with van der Waals surface area (Å²) in [5.41, 5.74) is 1.96. The molecule has 1 aliphatic heterocycles. The van der Waals surface area contributed by atoms with Gasteiger partial charge in [-0.25, -0.2) is 23.4 Å². The van der Waals surface area contributed by atoms with E-state index in [2.05, 4.69) is 9.88 Å². The number of carbonyl (C=O) groups is 2. The molecule has 0 radical (unpaired) electrons. The van der Waals surface area contributed by atoms with Crippen molar-refractivity contribution in [1.82, 2.24) is 19.4 Å². The highest BCUT2D eigenvalue weighted by molar-refractivity contribution is 5.95. The van der Waals surface area contributed by atoms with Crippen LogP contribution in [0, 0.1) is 6.92 Å². The van der Waals surface area contributed by atoms with Crippen molar-refractivity contribution in [3.05, 3.63) is 52.8 Å². The number of nitrogens with zero attached hydrogens (tertiary/aromatic N) is 4. The van der Waals surface area contributed by atoms with Crippen molar-refractivity contribution in [2.24, 2.45) is 0 Å². The Labute approximate surface area is 237 Å². The van der Waals surface area contributed by atoms with Gasteiger partial charge in [0.25, 0.3) is 6.43 Å². The molecule has 0 bridgehead atoms. The fourth-order valence-electron chi connectivity index (χ4n) is 5.20. The number of fused-ring (bicyclic) bond motifs is 1. The second-order valence-corrected chi connectivity index (χ2v) is 11.0. The maximum Gasteiger partial charge on any atom is 0.419 e. The van der Waals surface area contributed by atoms with E-state index in [-0.39, 0.29) is 12.1 Å². The normalized spacial score (nSPS) is 16.8. The number of alkyl halides is 2. The number of esters is 1. The lowest BCUT2D eigenvalue weighted by Crippen LogP contribution is -2.49. The molecule has 0 amide bonds. The van der Waals surface area contributed by atoms with Crippen LogP contribution in [0.5, 0.6) is 11.6 Å². The molecule has 1 N–H and O–H groups in total. The summed E-state index contributed by atoms with van der Waals surface area (Å²) in [7, 11) is 2.77. The molecule has 0 saturated carbocycles. The molecule has 10 nitrogen and oxygen atoms in total. The number of hydrogen-bond acceptors (Lipinski definition) is 9. The van der Waals surface area contributed by atoms with Crippen LogP contribution in [0.1, 0.15) is 54.0 Å². The first-order valence-corrected chi connectivity index (χ1v) is 13.3. The quantitative estimate of drug-likeness (QED) is 0.400. The van der Waals surface area contributed by atoms with E-state index in [1.807, 2.05) is 19.1 Å². The lowest BCUT2D eigenvalue weighted by atomic mass is 10.0. The summed E-state index contributed by atoms with van der Waals surface area (Å²) < 4.78 is 44.1. The predicted octanol–water partition coefficient (Wildman–Crippen LogP) is 4.75. The molecular weight excluding hydrogens is 538 g/mol. The van der Waals surface area contributed by atoms with E-state index < -0.39 is 42.6 Å². The fourth-order valence-corrected chi connectivity index (χ4v) is 5.20. The first-order valence-electron chi connectivity index (χ1n) is 13.3. The van der Waals surface area contributed by atoms with Crippen LogP contribution >= 0.6 is 0 Å². The molecule has 222 valence electrons. The number of carbonyl (C=O) groups excluding carboxylic acids is 2. The Morgan fingerprint density at radius 2 is 1.90 bits per heavy atom. The number of aromatic nitrogens is 2. The van der Waals surface area contributed by atoms with E-state index in [0.717, 1.165) is 16.5 Å². The van der Waals surface area contributed by atoms with Gasteiger partial charge in [0.15, 0.2) is 0 Å². The van der Waals surface area contributed by atoms with Crippen molar-refractivity contribution in [3.8, 4) is 11.6 Å². The van der Waals surface area contributed by atoms with Gasteiger partial charge < -0.3 is 19.3 Å². The van der Waals surface area contributed by atoms with Crippen molar-refractivity contribution in [2.75, 3.05) is 40.4 Å². The van der Waals surface area contributed by atoms with Crippen molar-refractivity contribution >= 4 is 23.0 Å². The molecule has 3 aromatic rings. The zero-order valence-corrected chi connectivity index (χ0v) is 24.1.